The summed E-state index contributed by atoms with van der Waals surface area (Å²) < 4.78 is 78.9. The molecule has 0 saturated carbocycles. The van der Waals surface area contributed by atoms with Gasteiger partial charge in [-0.15, -0.1) is 0 Å². The Labute approximate surface area is 148 Å². The van der Waals surface area contributed by atoms with E-state index in [2.05, 4.69) is 0 Å². The summed E-state index contributed by atoms with van der Waals surface area (Å²) in [6.07, 6.45) is -4.40. The van der Waals surface area contributed by atoms with E-state index in [4.69, 9.17) is 0 Å². The van der Waals surface area contributed by atoms with E-state index in [1.807, 2.05) is 0 Å². The molecule has 1 aliphatic rings. The van der Waals surface area contributed by atoms with Crippen LogP contribution in [0.5, 0.6) is 0 Å². The van der Waals surface area contributed by atoms with Gasteiger partial charge in [-0.1, -0.05) is 12.1 Å². The molecule has 0 unspecified atom stereocenters. The lowest BCUT2D eigenvalue weighted by atomic mass is 10.2. The summed E-state index contributed by atoms with van der Waals surface area (Å²) in [5.41, 5.74) is 0.540. The van der Waals surface area contributed by atoms with Crippen LogP contribution < -0.4 is 9.21 Å². The maximum atomic E-state index is 13.5. The molecule has 0 fully saturated rings. The van der Waals surface area contributed by atoms with E-state index >= 15 is 0 Å². The van der Waals surface area contributed by atoms with Crippen molar-refractivity contribution in [2.24, 2.45) is 0 Å². The minimum atomic E-state index is -4.40. The van der Waals surface area contributed by atoms with Crippen molar-refractivity contribution in [1.82, 2.24) is 0 Å². The lowest BCUT2D eigenvalue weighted by Gasteiger charge is -2.38. The first-order valence-electron chi connectivity index (χ1n) is 7.79. The highest BCUT2D eigenvalue weighted by molar-refractivity contribution is 7.92. The second-order valence-electron chi connectivity index (χ2n) is 6.01. The highest BCUT2D eigenvalue weighted by atomic mass is 32.2. The standard InChI is InChI=1S/C17H16F4N2O2S/c1-12-10-13(6-7-14(12)18)26(24,25)23-9-8-22(11-17(19,20)21)15-4-2-3-5-16(15)23/h2-7,10H,8-9,11H2,1H3. The summed E-state index contributed by atoms with van der Waals surface area (Å²) in [7, 11) is -4.02. The lowest BCUT2D eigenvalue weighted by molar-refractivity contribution is -0.119. The van der Waals surface area contributed by atoms with Crippen LogP contribution in [-0.4, -0.2) is 34.2 Å². The van der Waals surface area contributed by atoms with Gasteiger partial charge >= 0.3 is 6.18 Å². The van der Waals surface area contributed by atoms with Gasteiger partial charge in [0, 0.05) is 6.54 Å². The van der Waals surface area contributed by atoms with Crippen LogP contribution in [0.1, 0.15) is 5.56 Å². The summed E-state index contributed by atoms with van der Waals surface area (Å²) in [5.74, 6) is -0.528. The quantitative estimate of drug-likeness (QED) is 0.753. The molecule has 0 spiro atoms. The Morgan fingerprint density at radius 1 is 1.04 bits per heavy atom. The van der Waals surface area contributed by atoms with Gasteiger partial charge < -0.3 is 4.90 Å². The molecule has 0 aromatic heterocycles. The minimum absolute atomic E-state index is 0.101. The third-order valence-corrected chi connectivity index (χ3v) is 5.96. The zero-order valence-corrected chi connectivity index (χ0v) is 14.6. The normalized spacial score (nSPS) is 15.1. The number of anilines is 2. The number of aryl methyl sites for hydroxylation is 1. The maximum absolute atomic E-state index is 13.5. The van der Waals surface area contributed by atoms with Gasteiger partial charge in [0.2, 0.25) is 0 Å². The molecule has 26 heavy (non-hydrogen) atoms. The van der Waals surface area contributed by atoms with Crippen LogP contribution in [0.25, 0.3) is 0 Å². The zero-order chi connectivity index (χ0) is 19.1. The van der Waals surface area contributed by atoms with Crippen molar-refractivity contribution in [2.45, 2.75) is 18.0 Å². The van der Waals surface area contributed by atoms with Gasteiger partial charge in [-0.05, 0) is 42.8 Å². The first-order valence-corrected chi connectivity index (χ1v) is 9.23. The maximum Gasteiger partial charge on any atom is 0.405 e. The summed E-state index contributed by atoms with van der Waals surface area (Å²) >= 11 is 0. The molecule has 4 nitrogen and oxygen atoms in total. The van der Waals surface area contributed by atoms with Crippen LogP contribution >= 0.6 is 0 Å². The molecule has 0 N–H and O–H groups in total. The molecule has 0 atom stereocenters. The molecule has 1 aliphatic heterocycles. The fraction of sp³-hybridized carbons (Fsp3) is 0.294. The highest BCUT2D eigenvalue weighted by Crippen LogP contribution is 2.37. The van der Waals surface area contributed by atoms with Crippen molar-refractivity contribution in [2.75, 3.05) is 28.8 Å². The average molecular weight is 388 g/mol. The summed E-state index contributed by atoms with van der Waals surface area (Å²) in [6.45, 7) is 0.0545. The number of nitrogens with zero attached hydrogens (tertiary/aromatic N) is 2. The van der Waals surface area contributed by atoms with Gasteiger partial charge in [0.05, 0.1) is 22.8 Å². The molecule has 2 aromatic rings. The van der Waals surface area contributed by atoms with Crippen molar-refractivity contribution in [3.05, 3.63) is 53.8 Å². The Bertz CT molecular complexity index is 929. The Balaban J connectivity index is 2.03. The van der Waals surface area contributed by atoms with Crippen LogP contribution in [-0.2, 0) is 10.0 Å². The van der Waals surface area contributed by atoms with Crippen molar-refractivity contribution >= 4 is 21.4 Å². The summed E-state index contributed by atoms with van der Waals surface area (Å²) in [6, 6.07) is 9.48. The van der Waals surface area contributed by atoms with Gasteiger partial charge in [0.25, 0.3) is 10.0 Å². The fourth-order valence-corrected chi connectivity index (χ4v) is 4.49. The number of hydrogen-bond acceptors (Lipinski definition) is 3. The first-order chi connectivity index (χ1) is 12.1. The molecule has 140 valence electrons. The van der Waals surface area contributed by atoms with E-state index in [9.17, 15) is 26.0 Å². The molecule has 1 heterocycles. The van der Waals surface area contributed by atoms with E-state index in [-0.39, 0.29) is 34.9 Å². The largest absolute Gasteiger partial charge is 0.405 e. The second-order valence-corrected chi connectivity index (χ2v) is 7.88. The number of alkyl halides is 3. The first kappa shape index (κ1) is 18.5. The molecule has 0 amide bonds. The van der Waals surface area contributed by atoms with Crippen molar-refractivity contribution in [3.63, 3.8) is 0 Å². The second kappa shape index (κ2) is 6.46. The molecule has 3 rings (SSSR count). The van der Waals surface area contributed by atoms with Gasteiger partial charge in [-0.3, -0.25) is 4.31 Å². The van der Waals surface area contributed by atoms with E-state index < -0.39 is 28.6 Å². The van der Waals surface area contributed by atoms with E-state index in [1.54, 1.807) is 12.1 Å². The number of hydrogen-bond donors (Lipinski definition) is 0. The Morgan fingerprint density at radius 3 is 2.31 bits per heavy atom. The number of halogens is 4. The van der Waals surface area contributed by atoms with Gasteiger partial charge in [-0.25, -0.2) is 12.8 Å². The minimum Gasteiger partial charge on any atom is -0.359 e. The smallest absolute Gasteiger partial charge is 0.359 e. The number of fused-ring (bicyclic) bond motifs is 1. The van der Waals surface area contributed by atoms with Crippen molar-refractivity contribution < 1.29 is 26.0 Å². The molecule has 0 aliphatic carbocycles. The van der Waals surface area contributed by atoms with Crippen LogP contribution in [0.15, 0.2) is 47.4 Å². The number of para-hydroxylation sites is 2. The van der Waals surface area contributed by atoms with Gasteiger partial charge in [0.1, 0.15) is 12.4 Å². The monoisotopic (exact) mass is 388 g/mol. The third-order valence-electron chi connectivity index (χ3n) is 4.15. The van der Waals surface area contributed by atoms with E-state index in [0.717, 1.165) is 21.3 Å². The predicted molar refractivity (Wildman–Crippen MR) is 90.4 cm³/mol. The van der Waals surface area contributed by atoms with Crippen LogP contribution in [0.4, 0.5) is 28.9 Å². The van der Waals surface area contributed by atoms with E-state index in [1.165, 1.54) is 25.1 Å². The fourth-order valence-electron chi connectivity index (χ4n) is 2.93. The number of rotatable bonds is 3. The Morgan fingerprint density at radius 2 is 1.69 bits per heavy atom. The van der Waals surface area contributed by atoms with Crippen molar-refractivity contribution in [3.8, 4) is 0 Å². The highest BCUT2D eigenvalue weighted by Gasteiger charge is 2.37. The third kappa shape index (κ3) is 3.48. The molecule has 0 saturated heterocycles. The van der Waals surface area contributed by atoms with Gasteiger partial charge in [-0.2, -0.15) is 13.2 Å². The summed E-state index contributed by atoms with van der Waals surface area (Å²) in [4.78, 5) is 1.01. The summed E-state index contributed by atoms with van der Waals surface area (Å²) in [5, 5.41) is 0. The number of benzene rings is 2. The Kier molecular flexibility index (Phi) is 4.60. The SMILES string of the molecule is Cc1cc(S(=O)(=O)N2CCN(CC(F)(F)F)c3ccccc32)ccc1F. The average Bonchev–Trinajstić information content (AvgIpc) is 2.56. The number of sulfonamides is 1. The molecule has 0 bridgehead atoms. The topological polar surface area (TPSA) is 40.6 Å². The van der Waals surface area contributed by atoms with Crippen LogP contribution in [0.3, 0.4) is 0 Å². The van der Waals surface area contributed by atoms with Crippen LogP contribution in [0, 0.1) is 12.7 Å². The molecule has 2 aromatic carbocycles. The predicted octanol–water partition coefficient (Wildman–Crippen LogP) is 3.71. The molecule has 0 radical (unpaired) electrons. The lowest BCUT2D eigenvalue weighted by Crippen LogP contribution is -2.46. The molecule has 9 heteroatoms. The van der Waals surface area contributed by atoms with Crippen molar-refractivity contribution in [1.29, 1.82) is 0 Å². The molecular weight excluding hydrogens is 372 g/mol. The van der Waals surface area contributed by atoms with E-state index in [0.29, 0.717) is 0 Å². The Hall–Kier alpha value is -2.29. The van der Waals surface area contributed by atoms with Gasteiger partial charge in [0.15, 0.2) is 0 Å². The molecular formula is C17H16F4N2O2S. The van der Waals surface area contributed by atoms with Crippen LogP contribution in [0.2, 0.25) is 0 Å². The zero-order valence-electron chi connectivity index (χ0n) is 13.8.